The van der Waals surface area contributed by atoms with E-state index >= 15 is 0 Å². The largest absolute Gasteiger partial charge is 0.307 e. The summed E-state index contributed by atoms with van der Waals surface area (Å²) in [6.45, 7) is 4.31. The maximum absolute atomic E-state index is 10.9. The zero-order valence-corrected chi connectivity index (χ0v) is 31.0. The number of aryl methyl sites for hydroxylation is 2. The molecule has 10 aromatic rings. The molecule has 0 N–H and O–H groups in total. The summed E-state index contributed by atoms with van der Waals surface area (Å²) in [7, 11) is 0. The molecule has 0 fully saturated rings. The Morgan fingerprint density at radius 1 is 0.375 bits per heavy atom. The summed E-state index contributed by atoms with van der Waals surface area (Å²) >= 11 is 0. The smallest absolute Gasteiger partial charge is 0.0998 e. The summed E-state index contributed by atoms with van der Waals surface area (Å²) in [5.74, 6) is 0. The Bertz CT molecular complexity index is 3310. The Labute approximate surface area is 325 Å². The first-order valence-electron chi connectivity index (χ1n) is 18.8. The molecule has 0 aliphatic rings. The Hall–Kier alpha value is -7.66. The highest BCUT2D eigenvalue weighted by Gasteiger charge is 2.23. The van der Waals surface area contributed by atoms with Crippen molar-refractivity contribution in [2.75, 3.05) is 0 Å². The van der Waals surface area contributed by atoms with Crippen molar-refractivity contribution in [2.45, 2.75) is 13.8 Å². The first kappa shape index (κ1) is 32.9. The zero-order valence-electron chi connectivity index (χ0n) is 31.0. The lowest BCUT2D eigenvalue weighted by Crippen LogP contribution is -2.05. The molecule has 0 amide bonds. The molecule has 2 aromatic heterocycles. The number of fused-ring (bicyclic) bond motifs is 6. The predicted octanol–water partition coefficient (Wildman–Crippen LogP) is 13.2. The average Bonchev–Trinajstić information content (AvgIpc) is 3.75. The highest BCUT2D eigenvalue weighted by molar-refractivity contribution is 6.13. The van der Waals surface area contributed by atoms with Gasteiger partial charge in [0.15, 0.2) is 0 Å². The summed E-state index contributed by atoms with van der Waals surface area (Å²) in [6.07, 6.45) is 0. The van der Waals surface area contributed by atoms with Crippen LogP contribution in [0.25, 0.3) is 88.4 Å². The van der Waals surface area contributed by atoms with Crippen LogP contribution in [-0.2, 0) is 0 Å². The van der Waals surface area contributed by atoms with Gasteiger partial charge in [0.1, 0.15) is 0 Å². The van der Waals surface area contributed by atoms with E-state index in [1.807, 2.05) is 24.3 Å². The molecule has 8 aromatic carbocycles. The lowest BCUT2D eigenvalue weighted by molar-refractivity contribution is 1.09. The number of benzene rings is 8. The van der Waals surface area contributed by atoms with Crippen molar-refractivity contribution < 1.29 is 0 Å². The number of rotatable bonds is 5. The molecule has 262 valence electrons. The van der Waals surface area contributed by atoms with Gasteiger partial charge in [-0.1, -0.05) is 121 Å². The van der Waals surface area contributed by atoms with Gasteiger partial charge in [-0.25, -0.2) is 0 Å². The monoisotopic (exact) mass is 714 g/mol. The van der Waals surface area contributed by atoms with Gasteiger partial charge in [-0.05, 0) is 101 Å². The quantitative estimate of drug-likeness (QED) is 0.178. The third-order valence-corrected chi connectivity index (χ3v) is 11.3. The number of hydrogen-bond acceptors (Lipinski definition) is 2. The predicted molar refractivity (Wildman–Crippen MR) is 230 cm³/mol. The second kappa shape index (κ2) is 13.0. The first-order chi connectivity index (χ1) is 27.5. The number of hydrogen-bond donors (Lipinski definition) is 0. The van der Waals surface area contributed by atoms with Gasteiger partial charge in [-0.2, -0.15) is 10.5 Å². The van der Waals surface area contributed by atoms with Crippen molar-refractivity contribution in [3.8, 4) is 56.9 Å². The molecule has 0 spiro atoms. The van der Waals surface area contributed by atoms with E-state index in [1.54, 1.807) is 6.07 Å². The highest BCUT2D eigenvalue weighted by atomic mass is 15.1. The molecule has 0 aliphatic heterocycles. The van der Waals surface area contributed by atoms with Crippen LogP contribution in [0, 0.1) is 36.5 Å². The number of aromatic nitrogens is 2. The van der Waals surface area contributed by atoms with Gasteiger partial charge in [0.05, 0.1) is 56.7 Å². The third kappa shape index (κ3) is 5.12. The maximum Gasteiger partial charge on any atom is 0.0998 e. The number of para-hydroxylation sites is 2. The Morgan fingerprint density at radius 3 is 1.39 bits per heavy atom. The molecule has 10 rings (SSSR count). The Kier molecular flexibility index (Phi) is 7.66. The van der Waals surface area contributed by atoms with Crippen LogP contribution in [0.3, 0.4) is 0 Å². The van der Waals surface area contributed by atoms with E-state index in [1.165, 1.54) is 22.3 Å². The number of nitriles is 2. The maximum atomic E-state index is 10.9. The van der Waals surface area contributed by atoms with E-state index in [0.717, 1.165) is 77.2 Å². The van der Waals surface area contributed by atoms with Crippen LogP contribution in [0.15, 0.2) is 170 Å². The minimum Gasteiger partial charge on any atom is -0.307 e. The van der Waals surface area contributed by atoms with Crippen molar-refractivity contribution in [3.63, 3.8) is 0 Å². The van der Waals surface area contributed by atoms with E-state index in [-0.39, 0.29) is 0 Å². The molecule has 0 radical (unpaired) electrons. The van der Waals surface area contributed by atoms with Crippen molar-refractivity contribution in [1.29, 1.82) is 10.5 Å². The molecule has 2 heterocycles. The van der Waals surface area contributed by atoms with E-state index in [2.05, 4.69) is 175 Å². The average molecular weight is 715 g/mol. The van der Waals surface area contributed by atoms with Crippen molar-refractivity contribution in [3.05, 3.63) is 192 Å². The molecule has 0 unspecified atom stereocenters. The van der Waals surface area contributed by atoms with Gasteiger partial charge in [-0.15, -0.1) is 0 Å². The van der Waals surface area contributed by atoms with Crippen LogP contribution in [-0.4, -0.2) is 9.13 Å². The molecule has 0 atom stereocenters. The summed E-state index contributed by atoms with van der Waals surface area (Å²) in [5.41, 5.74) is 15.8. The molecule has 0 bridgehead atoms. The van der Waals surface area contributed by atoms with E-state index in [0.29, 0.717) is 11.1 Å². The van der Waals surface area contributed by atoms with Crippen LogP contribution in [0.4, 0.5) is 0 Å². The van der Waals surface area contributed by atoms with E-state index < -0.39 is 0 Å². The van der Waals surface area contributed by atoms with Crippen LogP contribution >= 0.6 is 0 Å². The van der Waals surface area contributed by atoms with Gasteiger partial charge < -0.3 is 9.13 Å². The van der Waals surface area contributed by atoms with Crippen molar-refractivity contribution in [1.82, 2.24) is 9.13 Å². The minimum atomic E-state index is 0.529. The topological polar surface area (TPSA) is 57.4 Å². The second-order valence-corrected chi connectivity index (χ2v) is 14.5. The fraction of sp³-hybridized carbons (Fsp3) is 0.0385. The van der Waals surface area contributed by atoms with Gasteiger partial charge in [-0.3, -0.25) is 0 Å². The normalized spacial score (nSPS) is 11.4. The van der Waals surface area contributed by atoms with Crippen molar-refractivity contribution >= 4 is 43.6 Å². The Balaban J connectivity index is 1.37. The second-order valence-electron chi connectivity index (χ2n) is 14.5. The van der Waals surface area contributed by atoms with Gasteiger partial charge in [0.25, 0.3) is 0 Å². The van der Waals surface area contributed by atoms with Gasteiger partial charge >= 0.3 is 0 Å². The van der Waals surface area contributed by atoms with Crippen LogP contribution in [0.2, 0.25) is 0 Å². The lowest BCUT2D eigenvalue weighted by atomic mass is 9.96. The molecule has 0 aliphatic carbocycles. The van der Waals surface area contributed by atoms with Crippen LogP contribution in [0.5, 0.6) is 0 Å². The van der Waals surface area contributed by atoms with Crippen LogP contribution in [0.1, 0.15) is 22.3 Å². The molecule has 4 heteroatoms. The SMILES string of the molecule is Cc1ccccc1-c1ccc2c3ccccc3n(-c3cc(C#N)c(-c4cccc(C#N)c4)cc3-n3c4ccccc4c4ccc(-c5ccccc5C)cc43)c2c1. The fourth-order valence-corrected chi connectivity index (χ4v) is 8.61. The van der Waals surface area contributed by atoms with E-state index in [4.69, 9.17) is 0 Å². The minimum absolute atomic E-state index is 0.529. The van der Waals surface area contributed by atoms with Gasteiger partial charge in [0.2, 0.25) is 0 Å². The standard InChI is InChI=1S/C52H34N4/c1-33-12-3-5-16-40(33)37-22-24-44-42-18-7-9-20-47(42)55(49(44)27-37)51-29-39(32-54)46(36-15-11-14-35(26-36)31-53)30-52(51)56-48-21-10-8-19-43(48)45-25-23-38(28-50(45)56)41-17-6-4-13-34(41)2/h3-30H,1-2H3. The first-order valence-corrected chi connectivity index (χ1v) is 18.8. The fourth-order valence-electron chi connectivity index (χ4n) is 8.61. The van der Waals surface area contributed by atoms with Gasteiger partial charge in [0, 0.05) is 27.1 Å². The molecule has 0 saturated heterocycles. The molecular formula is C52H34N4. The number of nitrogens with zero attached hydrogens (tertiary/aromatic N) is 4. The highest BCUT2D eigenvalue weighted by Crippen LogP contribution is 2.42. The molecule has 0 saturated carbocycles. The molecule has 56 heavy (non-hydrogen) atoms. The van der Waals surface area contributed by atoms with Crippen LogP contribution < -0.4 is 0 Å². The summed E-state index contributed by atoms with van der Waals surface area (Å²) in [6, 6.07) is 64.2. The van der Waals surface area contributed by atoms with Crippen molar-refractivity contribution in [2.24, 2.45) is 0 Å². The summed E-state index contributed by atoms with van der Waals surface area (Å²) in [4.78, 5) is 0. The Morgan fingerprint density at radius 2 is 0.857 bits per heavy atom. The third-order valence-electron chi connectivity index (χ3n) is 11.3. The van der Waals surface area contributed by atoms with E-state index in [9.17, 15) is 10.5 Å². The lowest BCUT2D eigenvalue weighted by Gasteiger charge is -2.20. The summed E-state index contributed by atoms with van der Waals surface area (Å²) < 4.78 is 4.70. The summed E-state index contributed by atoms with van der Waals surface area (Å²) in [5, 5.41) is 25.3. The zero-order chi connectivity index (χ0) is 37.9. The molecular weight excluding hydrogens is 681 g/mol. The molecule has 4 nitrogen and oxygen atoms in total.